The van der Waals surface area contributed by atoms with Crippen LogP contribution in [-0.2, 0) is 0 Å². The van der Waals surface area contributed by atoms with E-state index in [0.29, 0.717) is 23.5 Å². The highest BCUT2D eigenvalue weighted by molar-refractivity contribution is 6.09. The molecule has 8 nitrogen and oxygen atoms in total. The topological polar surface area (TPSA) is 108 Å². The minimum Gasteiger partial charge on any atom is -0.315 e. The van der Waals surface area contributed by atoms with Crippen molar-refractivity contribution in [1.82, 2.24) is 20.1 Å². The maximum absolute atomic E-state index is 12.8. The number of nitrogens with zero attached hydrogens (tertiary/aromatic N) is 4. The molecule has 3 aromatic rings. The molecule has 1 amide bonds. The lowest BCUT2D eigenvalue weighted by atomic mass is 9.95. The minimum atomic E-state index is -0.213. The molecule has 2 aliphatic heterocycles. The van der Waals surface area contributed by atoms with Gasteiger partial charge in [-0.25, -0.2) is 14.7 Å². The van der Waals surface area contributed by atoms with Crippen LogP contribution < -0.4 is 10.6 Å². The SMILES string of the molecule is CCC1C=Nc2c(c(-c3ccc(C(=O)Nc4cc(C)ccn4)cc3)nn2C2CCCNC2)C(=N)C1. The summed E-state index contributed by atoms with van der Waals surface area (Å²) in [6, 6.07) is 11.3. The third-order valence-electron chi connectivity index (χ3n) is 6.78. The van der Waals surface area contributed by atoms with E-state index in [0.717, 1.165) is 60.6 Å². The lowest BCUT2D eigenvalue weighted by Gasteiger charge is -2.24. The molecule has 0 radical (unpaired) electrons. The number of carbonyl (C=O) groups is 1. The van der Waals surface area contributed by atoms with E-state index >= 15 is 0 Å². The number of hydrogen-bond acceptors (Lipinski definition) is 6. The molecule has 180 valence electrons. The van der Waals surface area contributed by atoms with Gasteiger partial charge >= 0.3 is 0 Å². The van der Waals surface area contributed by atoms with E-state index in [1.807, 2.05) is 42.1 Å². The van der Waals surface area contributed by atoms with Gasteiger partial charge in [-0.3, -0.25) is 4.79 Å². The van der Waals surface area contributed by atoms with Crippen molar-refractivity contribution in [1.29, 1.82) is 5.41 Å². The molecular weight excluding hydrogens is 438 g/mol. The number of nitrogens with one attached hydrogen (secondary N) is 3. The predicted molar refractivity (Wildman–Crippen MR) is 139 cm³/mol. The van der Waals surface area contributed by atoms with Gasteiger partial charge in [0.1, 0.15) is 11.5 Å². The summed E-state index contributed by atoms with van der Waals surface area (Å²) in [7, 11) is 0. The van der Waals surface area contributed by atoms with Crippen molar-refractivity contribution in [2.75, 3.05) is 18.4 Å². The number of anilines is 1. The number of aromatic nitrogens is 3. The van der Waals surface area contributed by atoms with Gasteiger partial charge < -0.3 is 16.0 Å². The maximum Gasteiger partial charge on any atom is 0.256 e. The Morgan fingerprint density at radius 1 is 1.26 bits per heavy atom. The number of hydrogen-bond donors (Lipinski definition) is 3. The number of amides is 1. The molecule has 5 rings (SSSR count). The van der Waals surface area contributed by atoms with E-state index < -0.39 is 0 Å². The number of aliphatic imine (C=N–C) groups is 1. The van der Waals surface area contributed by atoms with E-state index in [2.05, 4.69) is 22.5 Å². The highest BCUT2D eigenvalue weighted by Crippen LogP contribution is 2.37. The van der Waals surface area contributed by atoms with Gasteiger partial charge in [0.05, 0.1) is 11.6 Å². The Hall–Kier alpha value is -3.65. The fraction of sp³-hybridized carbons (Fsp3) is 0.370. The van der Waals surface area contributed by atoms with Crippen molar-refractivity contribution in [2.24, 2.45) is 10.9 Å². The number of rotatable bonds is 5. The molecule has 1 saturated heterocycles. The molecule has 8 heteroatoms. The van der Waals surface area contributed by atoms with Crippen LogP contribution in [-0.4, -0.2) is 45.7 Å². The van der Waals surface area contributed by atoms with Crippen LogP contribution >= 0.6 is 0 Å². The summed E-state index contributed by atoms with van der Waals surface area (Å²) in [6.45, 7) is 5.96. The van der Waals surface area contributed by atoms with Crippen LogP contribution in [0, 0.1) is 18.3 Å². The lowest BCUT2D eigenvalue weighted by molar-refractivity contribution is 0.102. The molecule has 2 aromatic heterocycles. The monoisotopic (exact) mass is 469 g/mol. The first kappa shape index (κ1) is 23.1. The fourth-order valence-electron chi connectivity index (χ4n) is 4.74. The van der Waals surface area contributed by atoms with Crippen LogP contribution in [0.4, 0.5) is 11.6 Å². The maximum atomic E-state index is 12.8. The standard InChI is InChI=1S/C27H31N7O/c1-3-18-14-22(28)24-25(33-34(26(24)31-15-18)21-5-4-11-29-16-21)19-6-8-20(9-7-19)27(35)32-23-13-17(2)10-12-30-23/h6-10,12-13,15,18,21,28-29H,3-5,11,14,16H2,1-2H3,(H,30,32,35). The number of carbonyl (C=O) groups excluding carboxylic acids is 1. The number of benzene rings is 1. The second-order valence-corrected chi connectivity index (χ2v) is 9.37. The Morgan fingerprint density at radius 2 is 2.09 bits per heavy atom. The Kier molecular flexibility index (Phi) is 6.55. The van der Waals surface area contributed by atoms with Crippen LogP contribution in [0.15, 0.2) is 47.6 Å². The van der Waals surface area contributed by atoms with Crippen molar-refractivity contribution < 1.29 is 4.79 Å². The average Bonchev–Trinajstić information content (AvgIpc) is 3.18. The molecule has 2 aliphatic rings. The van der Waals surface area contributed by atoms with Crippen LogP contribution in [0.1, 0.15) is 60.1 Å². The lowest BCUT2D eigenvalue weighted by Crippen LogP contribution is -2.32. The molecule has 0 aliphatic carbocycles. The van der Waals surface area contributed by atoms with Crippen LogP contribution in [0.3, 0.4) is 0 Å². The molecule has 1 aromatic carbocycles. The molecule has 1 fully saturated rings. The summed E-state index contributed by atoms with van der Waals surface area (Å²) in [5, 5.41) is 20.2. The average molecular weight is 470 g/mol. The second-order valence-electron chi connectivity index (χ2n) is 9.37. The van der Waals surface area contributed by atoms with Gasteiger partial charge in [-0.15, -0.1) is 0 Å². The first-order chi connectivity index (χ1) is 17.0. The van der Waals surface area contributed by atoms with Crippen molar-refractivity contribution in [3.63, 3.8) is 0 Å². The summed E-state index contributed by atoms with van der Waals surface area (Å²) < 4.78 is 2.02. The smallest absolute Gasteiger partial charge is 0.256 e. The van der Waals surface area contributed by atoms with Gasteiger partial charge in [0, 0.05) is 35.8 Å². The minimum absolute atomic E-state index is 0.209. The molecule has 4 heterocycles. The normalized spacial score (nSPS) is 19.8. The van der Waals surface area contributed by atoms with E-state index in [1.165, 1.54) is 0 Å². The van der Waals surface area contributed by atoms with E-state index in [1.54, 1.807) is 18.3 Å². The number of pyridine rings is 1. The highest BCUT2D eigenvalue weighted by atomic mass is 16.1. The van der Waals surface area contributed by atoms with Crippen LogP contribution in [0.2, 0.25) is 0 Å². The first-order valence-corrected chi connectivity index (χ1v) is 12.3. The predicted octanol–water partition coefficient (Wildman–Crippen LogP) is 4.93. The number of aryl methyl sites for hydroxylation is 1. The molecule has 35 heavy (non-hydrogen) atoms. The summed E-state index contributed by atoms with van der Waals surface area (Å²) in [5.74, 6) is 1.35. The number of fused-ring (bicyclic) bond motifs is 1. The van der Waals surface area contributed by atoms with Gasteiger partial charge in [0.15, 0.2) is 5.82 Å². The molecular formula is C27H31N7O. The zero-order chi connectivity index (χ0) is 24.4. The Labute approximate surface area is 205 Å². The zero-order valence-electron chi connectivity index (χ0n) is 20.2. The third kappa shape index (κ3) is 4.79. The first-order valence-electron chi connectivity index (χ1n) is 12.3. The fourth-order valence-corrected chi connectivity index (χ4v) is 4.74. The van der Waals surface area contributed by atoms with Crippen molar-refractivity contribution in [2.45, 2.75) is 45.6 Å². The number of piperidine rings is 1. The summed E-state index contributed by atoms with van der Waals surface area (Å²) >= 11 is 0. The molecule has 2 unspecified atom stereocenters. The van der Waals surface area contributed by atoms with Gasteiger partial charge in [0.2, 0.25) is 0 Å². The van der Waals surface area contributed by atoms with Gasteiger partial charge in [-0.05, 0) is 74.9 Å². The van der Waals surface area contributed by atoms with E-state index in [-0.39, 0.29) is 17.9 Å². The summed E-state index contributed by atoms with van der Waals surface area (Å²) in [4.78, 5) is 21.8. The van der Waals surface area contributed by atoms with Crippen LogP contribution in [0.5, 0.6) is 0 Å². The third-order valence-corrected chi connectivity index (χ3v) is 6.78. The molecule has 0 saturated carbocycles. The van der Waals surface area contributed by atoms with Crippen molar-refractivity contribution in [3.05, 3.63) is 59.3 Å². The second kappa shape index (κ2) is 9.92. The summed E-state index contributed by atoms with van der Waals surface area (Å²) in [5.41, 5.74) is 4.59. The highest BCUT2D eigenvalue weighted by Gasteiger charge is 2.29. The Balaban J connectivity index is 1.48. The summed E-state index contributed by atoms with van der Waals surface area (Å²) in [6.07, 6.45) is 7.39. The molecule has 2 atom stereocenters. The van der Waals surface area contributed by atoms with Crippen LogP contribution in [0.25, 0.3) is 11.3 Å². The zero-order valence-corrected chi connectivity index (χ0v) is 20.2. The van der Waals surface area contributed by atoms with E-state index in [4.69, 9.17) is 15.5 Å². The quantitative estimate of drug-likeness (QED) is 0.492. The van der Waals surface area contributed by atoms with Crippen molar-refractivity contribution in [3.8, 4) is 11.3 Å². The molecule has 0 bridgehead atoms. The van der Waals surface area contributed by atoms with Gasteiger partial charge in [-0.1, -0.05) is 19.1 Å². The van der Waals surface area contributed by atoms with Gasteiger partial charge in [0.25, 0.3) is 5.91 Å². The molecule has 3 N–H and O–H groups in total. The Bertz CT molecular complexity index is 1270. The van der Waals surface area contributed by atoms with E-state index in [9.17, 15) is 4.79 Å². The Morgan fingerprint density at radius 3 is 2.80 bits per heavy atom. The molecule has 0 spiro atoms. The van der Waals surface area contributed by atoms with Gasteiger partial charge in [-0.2, -0.15) is 5.10 Å². The largest absolute Gasteiger partial charge is 0.315 e. The van der Waals surface area contributed by atoms with Crippen molar-refractivity contribution >= 4 is 29.5 Å².